The number of hydrazone groups is 1. The summed E-state index contributed by atoms with van der Waals surface area (Å²) >= 11 is 6.05. The summed E-state index contributed by atoms with van der Waals surface area (Å²) in [6.07, 6.45) is 3.00. The van der Waals surface area contributed by atoms with Crippen LogP contribution in [0.3, 0.4) is 0 Å². The van der Waals surface area contributed by atoms with Crippen LogP contribution in [0.2, 0.25) is 5.02 Å². The summed E-state index contributed by atoms with van der Waals surface area (Å²) in [6, 6.07) is 7.20. The van der Waals surface area contributed by atoms with Crippen molar-refractivity contribution >= 4 is 29.1 Å². The van der Waals surface area contributed by atoms with Crippen molar-refractivity contribution in [3.63, 3.8) is 0 Å². The summed E-state index contributed by atoms with van der Waals surface area (Å²) in [5.74, 6) is -1.23. The third-order valence-corrected chi connectivity index (χ3v) is 3.76. The summed E-state index contributed by atoms with van der Waals surface area (Å²) < 4.78 is 0. The normalized spacial score (nSPS) is 15.7. The Hall–Kier alpha value is -1.88. The highest BCUT2D eigenvalue weighted by molar-refractivity contribution is 6.35. The Labute approximate surface area is 129 Å². The molecule has 6 heteroatoms. The molecule has 0 aliphatic carbocycles. The van der Waals surface area contributed by atoms with E-state index in [-0.39, 0.29) is 0 Å². The van der Waals surface area contributed by atoms with E-state index >= 15 is 0 Å². The first kappa shape index (κ1) is 15.5. The Morgan fingerprint density at radius 1 is 1.19 bits per heavy atom. The third-order valence-electron chi connectivity index (χ3n) is 3.43. The second kappa shape index (κ2) is 7.22. The summed E-state index contributed by atoms with van der Waals surface area (Å²) in [5.41, 5.74) is 3.59. The van der Waals surface area contributed by atoms with Crippen molar-refractivity contribution in [2.24, 2.45) is 5.10 Å². The highest BCUT2D eigenvalue weighted by atomic mass is 35.5. The van der Waals surface area contributed by atoms with Gasteiger partial charge in [-0.25, -0.2) is 5.43 Å². The molecule has 1 saturated heterocycles. The number of amides is 2. The van der Waals surface area contributed by atoms with Crippen molar-refractivity contribution in [1.29, 1.82) is 0 Å². The van der Waals surface area contributed by atoms with Crippen LogP contribution in [0.5, 0.6) is 0 Å². The number of rotatable bonds is 2. The van der Waals surface area contributed by atoms with Gasteiger partial charge in [0.05, 0.1) is 5.71 Å². The second-order valence-electron chi connectivity index (χ2n) is 4.97. The number of carbonyl (C=O) groups excluding carboxylic acids is 2. The summed E-state index contributed by atoms with van der Waals surface area (Å²) in [5, 5.41) is 4.51. The van der Waals surface area contributed by atoms with Crippen LogP contribution in [0, 0.1) is 0 Å². The Kier molecular flexibility index (Phi) is 5.33. The maximum atomic E-state index is 11.9. The molecule has 2 rings (SSSR count). The molecule has 1 fully saturated rings. The molecule has 0 radical (unpaired) electrons. The topological polar surface area (TPSA) is 61.8 Å². The van der Waals surface area contributed by atoms with Gasteiger partial charge in [0.2, 0.25) is 0 Å². The van der Waals surface area contributed by atoms with E-state index in [1.807, 2.05) is 12.1 Å². The molecule has 1 aliphatic rings. The number of halogens is 1. The minimum atomic E-state index is -0.705. The molecule has 0 spiro atoms. The molecule has 21 heavy (non-hydrogen) atoms. The van der Waals surface area contributed by atoms with Gasteiger partial charge in [-0.05, 0) is 32.3 Å². The molecule has 1 heterocycles. The van der Waals surface area contributed by atoms with Crippen LogP contribution in [0.25, 0.3) is 0 Å². The van der Waals surface area contributed by atoms with Gasteiger partial charge in [-0.3, -0.25) is 9.59 Å². The quantitative estimate of drug-likeness (QED) is 0.517. The van der Waals surface area contributed by atoms with Crippen LogP contribution in [0.15, 0.2) is 29.4 Å². The van der Waals surface area contributed by atoms with Gasteiger partial charge in [-0.15, -0.1) is 0 Å². The number of hydrogen-bond acceptors (Lipinski definition) is 3. The lowest BCUT2D eigenvalue weighted by atomic mass is 10.1. The molecule has 0 bridgehead atoms. The maximum Gasteiger partial charge on any atom is 0.329 e. The van der Waals surface area contributed by atoms with Crippen LogP contribution < -0.4 is 5.43 Å². The minimum Gasteiger partial charge on any atom is -0.334 e. The van der Waals surface area contributed by atoms with Gasteiger partial charge in [0.15, 0.2) is 0 Å². The van der Waals surface area contributed by atoms with Crippen LogP contribution in [-0.2, 0) is 9.59 Å². The number of carbonyl (C=O) groups is 2. The highest BCUT2D eigenvalue weighted by Gasteiger charge is 2.23. The first-order chi connectivity index (χ1) is 10.1. The van der Waals surface area contributed by atoms with E-state index < -0.39 is 11.8 Å². The summed E-state index contributed by atoms with van der Waals surface area (Å²) in [7, 11) is 0. The first-order valence-corrected chi connectivity index (χ1v) is 7.36. The van der Waals surface area contributed by atoms with E-state index in [2.05, 4.69) is 10.5 Å². The van der Waals surface area contributed by atoms with E-state index in [1.54, 1.807) is 24.0 Å². The van der Waals surface area contributed by atoms with Gasteiger partial charge in [0.25, 0.3) is 0 Å². The number of likely N-dealkylation sites (tertiary alicyclic amines) is 1. The van der Waals surface area contributed by atoms with E-state index in [0.717, 1.165) is 24.8 Å². The Morgan fingerprint density at radius 2 is 1.86 bits per heavy atom. The lowest BCUT2D eigenvalue weighted by Crippen LogP contribution is -2.44. The molecule has 1 N–H and O–H groups in total. The monoisotopic (exact) mass is 307 g/mol. The first-order valence-electron chi connectivity index (χ1n) is 6.98. The molecule has 0 atom stereocenters. The number of nitrogens with one attached hydrogen (secondary N) is 1. The summed E-state index contributed by atoms with van der Waals surface area (Å²) in [4.78, 5) is 25.3. The Balaban J connectivity index is 1.98. The molecule has 2 amide bonds. The Morgan fingerprint density at radius 3 is 2.52 bits per heavy atom. The van der Waals surface area contributed by atoms with Gasteiger partial charge in [0, 0.05) is 23.7 Å². The lowest BCUT2D eigenvalue weighted by Gasteiger charge is -2.25. The van der Waals surface area contributed by atoms with E-state index in [1.165, 1.54) is 0 Å². The highest BCUT2D eigenvalue weighted by Crippen LogP contribution is 2.15. The zero-order chi connectivity index (χ0) is 15.2. The molecule has 0 saturated carbocycles. The lowest BCUT2D eigenvalue weighted by molar-refractivity contribution is -0.146. The molecule has 1 aromatic carbocycles. The van der Waals surface area contributed by atoms with Gasteiger partial charge >= 0.3 is 11.8 Å². The van der Waals surface area contributed by atoms with E-state index in [4.69, 9.17) is 11.6 Å². The molecule has 112 valence electrons. The molecule has 0 aromatic heterocycles. The third kappa shape index (κ3) is 4.04. The zero-order valence-corrected chi connectivity index (χ0v) is 12.7. The molecule has 5 nitrogen and oxygen atoms in total. The predicted molar refractivity (Wildman–Crippen MR) is 82.2 cm³/mol. The van der Waals surface area contributed by atoms with Crippen molar-refractivity contribution < 1.29 is 9.59 Å². The van der Waals surface area contributed by atoms with Crippen LogP contribution >= 0.6 is 11.6 Å². The SMILES string of the molecule is C/C(=N\NC(=O)C(=O)N1CCCCC1)c1ccccc1Cl. The fourth-order valence-electron chi connectivity index (χ4n) is 2.24. The molecule has 1 aliphatic heterocycles. The van der Waals surface area contributed by atoms with E-state index in [9.17, 15) is 9.59 Å². The Bertz CT molecular complexity index is 566. The van der Waals surface area contributed by atoms with Crippen molar-refractivity contribution in [3.8, 4) is 0 Å². The number of piperidine rings is 1. The smallest absolute Gasteiger partial charge is 0.329 e. The standard InChI is InChI=1S/C15H18ClN3O2/c1-11(12-7-3-4-8-13(12)16)17-18-14(20)15(21)19-9-5-2-6-10-19/h3-4,7-8H,2,5-6,9-10H2,1H3,(H,18,20)/b17-11+. The molecular weight excluding hydrogens is 290 g/mol. The van der Waals surface area contributed by atoms with Gasteiger partial charge in [-0.1, -0.05) is 29.8 Å². The van der Waals surface area contributed by atoms with Crippen LogP contribution in [0.4, 0.5) is 0 Å². The largest absolute Gasteiger partial charge is 0.334 e. The molecule has 1 aromatic rings. The van der Waals surface area contributed by atoms with Crippen LogP contribution in [0.1, 0.15) is 31.7 Å². The van der Waals surface area contributed by atoms with Crippen LogP contribution in [-0.4, -0.2) is 35.5 Å². The number of nitrogens with zero attached hydrogens (tertiary/aromatic N) is 2. The van der Waals surface area contributed by atoms with Gasteiger partial charge < -0.3 is 4.90 Å². The fraction of sp³-hybridized carbons (Fsp3) is 0.400. The second-order valence-corrected chi connectivity index (χ2v) is 5.38. The van der Waals surface area contributed by atoms with Gasteiger partial charge in [0.1, 0.15) is 0 Å². The molecule has 0 unspecified atom stereocenters. The minimum absolute atomic E-state index is 0.523. The van der Waals surface area contributed by atoms with Crippen molar-refractivity contribution in [1.82, 2.24) is 10.3 Å². The summed E-state index contributed by atoms with van der Waals surface area (Å²) in [6.45, 7) is 3.01. The van der Waals surface area contributed by atoms with Crippen molar-refractivity contribution in [3.05, 3.63) is 34.9 Å². The van der Waals surface area contributed by atoms with E-state index in [0.29, 0.717) is 23.8 Å². The average molecular weight is 308 g/mol. The van der Waals surface area contributed by atoms with Crippen molar-refractivity contribution in [2.75, 3.05) is 13.1 Å². The predicted octanol–water partition coefficient (Wildman–Crippen LogP) is 2.19. The number of hydrogen-bond donors (Lipinski definition) is 1. The zero-order valence-electron chi connectivity index (χ0n) is 11.9. The van der Waals surface area contributed by atoms with Crippen molar-refractivity contribution in [2.45, 2.75) is 26.2 Å². The van der Waals surface area contributed by atoms with Gasteiger partial charge in [-0.2, -0.15) is 5.10 Å². The average Bonchev–Trinajstić information content (AvgIpc) is 2.52. The fourth-order valence-corrected chi connectivity index (χ4v) is 2.51. The number of benzene rings is 1. The molecular formula is C15H18ClN3O2. The maximum absolute atomic E-state index is 11.9.